The quantitative estimate of drug-likeness (QED) is 0.581. The average molecular weight is 429 g/mol. The van der Waals surface area contributed by atoms with Crippen molar-refractivity contribution in [1.29, 1.82) is 0 Å². The molecule has 3 aromatic rings. The van der Waals surface area contributed by atoms with Crippen LogP contribution >= 0.6 is 0 Å². The lowest BCUT2D eigenvalue weighted by atomic mass is 10.0. The highest BCUT2D eigenvalue weighted by Gasteiger charge is 2.22. The highest BCUT2D eigenvalue weighted by molar-refractivity contribution is 6.05. The number of benzene rings is 1. The van der Waals surface area contributed by atoms with Crippen molar-refractivity contribution in [3.8, 4) is 17.0 Å². The van der Waals surface area contributed by atoms with Crippen molar-refractivity contribution in [2.45, 2.75) is 12.8 Å². The third-order valence-corrected chi connectivity index (χ3v) is 5.24. The zero-order chi connectivity index (χ0) is 22.5. The number of pyridine rings is 2. The molecule has 0 saturated heterocycles. The number of ether oxygens (including phenoxy) is 1. The van der Waals surface area contributed by atoms with E-state index < -0.39 is 0 Å². The zero-order valence-corrected chi connectivity index (χ0v) is 18.5. The number of aryl methyl sites for hydroxylation is 1. The molecule has 0 unspecified atom stereocenters. The van der Waals surface area contributed by atoms with Gasteiger partial charge in [0.05, 0.1) is 24.6 Å². The molecule has 1 aromatic carbocycles. The van der Waals surface area contributed by atoms with Crippen LogP contribution in [0.1, 0.15) is 27.9 Å². The minimum atomic E-state index is -0.312. The Bertz CT molecular complexity index is 1140. The largest absolute Gasteiger partial charge is 0.495 e. The van der Waals surface area contributed by atoms with E-state index in [9.17, 15) is 4.79 Å². The minimum absolute atomic E-state index is 0.312. The maximum atomic E-state index is 12.5. The Morgan fingerprint density at radius 3 is 2.66 bits per heavy atom. The molecule has 0 fully saturated rings. The third kappa shape index (κ3) is 4.95. The first-order chi connectivity index (χ1) is 15.5. The fraction of sp³-hybridized carbons (Fsp3) is 0.240. The lowest BCUT2D eigenvalue weighted by Gasteiger charge is -2.17. The molecule has 1 radical (unpaired) electrons. The minimum Gasteiger partial charge on any atom is -0.495 e. The molecule has 0 spiro atoms. The number of carbonyl (C=O) groups excluding carboxylic acids is 1. The van der Waals surface area contributed by atoms with Gasteiger partial charge in [-0.2, -0.15) is 0 Å². The van der Waals surface area contributed by atoms with Crippen LogP contribution in [0, 0.1) is 0 Å². The van der Waals surface area contributed by atoms with Crippen LogP contribution < -0.4 is 15.4 Å². The molecule has 0 bridgehead atoms. The lowest BCUT2D eigenvalue weighted by molar-refractivity contribution is 0.0965. The van der Waals surface area contributed by atoms with E-state index in [1.54, 1.807) is 19.5 Å². The van der Waals surface area contributed by atoms with Gasteiger partial charge in [0, 0.05) is 23.6 Å². The molecule has 7 nitrogen and oxygen atoms in total. The van der Waals surface area contributed by atoms with E-state index in [1.165, 1.54) is 11.8 Å². The van der Waals surface area contributed by atoms with Gasteiger partial charge in [-0.1, -0.05) is 12.1 Å². The van der Waals surface area contributed by atoms with Crippen LogP contribution in [-0.4, -0.2) is 48.5 Å². The van der Waals surface area contributed by atoms with Crippen molar-refractivity contribution in [2.24, 2.45) is 0 Å². The predicted molar refractivity (Wildman–Crippen MR) is 126 cm³/mol. The van der Waals surface area contributed by atoms with Gasteiger partial charge in [-0.25, -0.2) is 10.3 Å². The van der Waals surface area contributed by atoms with E-state index in [0.717, 1.165) is 36.2 Å². The van der Waals surface area contributed by atoms with Gasteiger partial charge in [-0.05, 0) is 75.0 Å². The van der Waals surface area contributed by atoms with Gasteiger partial charge in [-0.15, -0.1) is 0 Å². The molecular weight excluding hydrogens is 402 g/mol. The van der Waals surface area contributed by atoms with Gasteiger partial charge < -0.3 is 15.0 Å². The predicted octanol–water partition coefficient (Wildman–Crippen LogP) is 4.12. The molecule has 3 heterocycles. The number of anilines is 2. The van der Waals surface area contributed by atoms with Gasteiger partial charge in [0.1, 0.15) is 11.6 Å². The average Bonchev–Trinajstić information content (AvgIpc) is 2.80. The van der Waals surface area contributed by atoms with E-state index in [2.05, 4.69) is 46.7 Å². The van der Waals surface area contributed by atoms with Crippen molar-refractivity contribution >= 4 is 23.5 Å². The van der Waals surface area contributed by atoms with E-state index >= 15 is 0 Å². The Morgan fingerprint density at radius 1 is 1.09 bits per heavy atom. The van der Waals surface area contributed by atoms with Crippen LogP contribution in [0.5, 0.6) is 5.75 Å². The second kappa shape index (κ2) is 9.62. The summed E-state index contributed by atoms with van der Waals surface area (Å²) < 4.78 is 5.29. The van der Waals surface area contributed by atoms with E-state index in [4.69, 9.17) is 9.72 Å². The van der Waals surface area contributed by atoms with Crippen LogP contribution in [0.25, 0.3) is 17.3 Å². The normalized spacial score (nSPS) is 12.4. The van der Waals surface area contributed by atoms with Gasteiger partial charge in [0.2, 0.25) is 0 Å². The Kier molecular flexibility index (Phi) is 6.47. The van der Waals surface area contributed by atoms with Crippen molar-refractivity contribution in [3.63, 3.8) is 0 Å². The molecule has 4 rings (SSSR count). The van der Waals surface area contributed by atoms with Crippen molar-refractivity contribution in [3.05, 3.63) is 71.7 Å². The molecule has 163 valence electrons. The molecular formula is C25H26N5O2. The maximum Gasteiger partial charge on any atom is 0.281 e. The SMILES string of the molecule is COc1cncc(-c2cc3c(c(Nc4ccc(CCCN(C)C)cc4)n2)C(=O)[N]C=C3)c1. The molecule has 0 saturated carbocycles. The number of methoxy groups -OCH3 is 1. The van der Waals surface area contributed by atoms with Gasteiger partial charge in [0.15, 0.2) is 0 Å². The second-order valence-electron chi connectivity index (χ2n) is 7.91. The van der Waals surface area contributed by atoms with Crippen LogP contribution in [0.2, 0.25) is 0 Å². The number of nitrogens with zero attached hydrogens (tertiary/aromatic N) is 4. The Morgan fingerprint density at radius 2 is 1.91 bits per heavy atom. The molecule has 1 aliphatic heterocycles. The van der Waals surface area contributed by atoms with Crippen molar-refractivity contribution < 1.29 is 9.53 Å². The van der Waals surface area contributed by atoms with Crippen LogP contribution in [0.4, 0.5) is 11.5 Å². The molecule has 0 aliphatic carbocycles. The fourth-order valence-corrected chi connectivity index (χ4v) is 3.57. The summed E-state index contributed by atoms with van der Waals surface area (Å²) in [6.45, 7) is 1.06. The Labute approximate surface area is 188 Å². The van der Waals surface area contributed by atoms with E-state index in [1.807, 2.05) is 30.3 Å². The van der Waals surface area contributed by atoms with E-state index in [0.29, 0.717) is 22.8 Å². The van der Waals surface area contributed by atoms with Crippen molar-refractivity contribution in [2.75, 3.05) is 33.1 Å². The summed E-state index contributed by atoms with van der Waals surface area (Å²) in [5, 5.41) is 7.25. The number of rotatable bonds is 8. The van der Waals surface area contributed by atoms with Crippen LogP contribution in [-0.2, 0) is 6.42 Å². The summed E-state index contributed by atoms with van der Waals surface area (Å²) in [5.41, 5.74) is 4.85. The maximum absolute atomic E-state index is 12.5. The zero-order valence-electron chi connectivity index (χ0n) is 18.5. The third-order valence-electron chi connectivity index (χ3n) is 5.24. The number of hydrogen-bond donors (Lipinski definition) is 1. The summed E-state index contributed by atoms with van der Waals surface area (Å²) in [4.78, 5) is 23.7. The van der Waals surface area contributed by atoms with Crippen LogP contribution in [0.15, 0.2) is 55.0 Å². The molecule has 1 aliphatic rings. The molecule has 1 amide bonds. The molecule has 1 N–H and O–H groups in total. The van der Waals surface area contributed by atoms with Crippen LogP contribution in [0.3, 0.4) is 0 Å². The first-order valence-corrected chi connectivity index (χ1v) is 10.5. The van der Waals surface area contributed by atoms with Crippen molar-refractivity contribution in [1.82, 2.24) is 20.2 Å². The highest BCUT2D eigenvalue weighted by Crippen LogP contribution is 2.31. The first kappa shape index (κ1) is 21.5. The smallest absolute Gasteiger partial charge is 0.281 e. The van der Waals surface area contributed by atoms with Gasteiger partial charge in [-0.3, -0.25) is 9.78 Å². The van der Waals surface area contributed by atoms with Gasteiger partial charge in [0.25, 0.3) is 5.91 Å². The summed E-state index contributed by atoms with van der Waals surface area (Å²) in [7, 11) is 5.76. The van der Waals surface area contributed by atoms with Gasteiger partial charge >= 0.3 is 0 Å². The standard InChI is InChI=1S/C25H26N5O2/c1-30(2)12-4-5-17-6-8-20(9-7-17)28-24-23-18(10-11-27-25(23)31)14-22(29-24)19-13-21(32-3)16-26-15-19/h6-11,13-16H,4-5,12H2,1-3H3,(H,28,29). The summed E-state index contributed by atoms with van der Waals surface area (Å²) >= 11 is 0. The molecule has 2 aromatic heterocycles. The number of amides is 1. The Hall–Kier alpha value is -3.71. The number of nitrogens with one attached hydrogen (secondary N) is 1. The Balaban J connectivity index is 1.64. The summed E-state index contributed by atoms with van der Waals surface area (Å²) in [6, 6.07) is 12.0. The highest BCUT2D eigenvalue weighted by atomic mass is 16.5. The fourth-order valence-electron chi connectivity index (χ4n) is 3.57. The molecule has 32 heavy (non-hydrogen) atoms. The summed E-state index contributed by atoms with van der Waals surface area (Å²) in [5.74, 6) is 0.801. The number of fused-ring (bicyclic) bond motifs is 1. The summed E-state index contributed by atoms with van der Waals surface area (Å²) in [6.07, 6.45) is 8.82. The second-order valence-corrected chi connectivity index (χ2v) is 7.91. The molecule has 0 atom stereocenters. The van der Waals surface area contributed by atoms with E-state index in [-0.39, 0.29) is 5.91 Å². The monoisotopic (exact) mass is 428 g/mol. The number of aromatic nitrogens is 2. The molecule has 7 heteroatoms. The topological polar surface area (TPSA) is 81.4 Å². The lowest BCUT2D eigenvalue weighted by Crippen LogP contribution is -2.18. The first-order valence-electron chi connectivity index (χ1n) is 10.5. The number of carbonyl (C=O) groups is 1. The number of hydrogen-bond acceptors (Lipinski definition) is 6.